The average Bonchev–Trinajstić information content (AvgIpc) is 3.26. The number of rotatable bonds is 4. The molecule has 1 fully saturated rings. The van der Waals surface area contributed by atoms with Crippen LogP contribution in [0.3, 0.4) is 0 Å². The monoisotopic (exact) mass is 347 g/mol. The van der Waals surface area contributed by atoms with Crippen LogP contribution in [-0.4, -0.2) is 44.6 Å². The van der Waals surface area contributed by atoms with Gasteiger partial charge < -0.3 is 4.90 Å². The molecule has 3 N–H and O–H groups in total. The Hall–Kier alpha value is -1.68. The van der Waals surface area contributed by atoms with E-state index in [1.807, 2.05) is 35.6 Å². The Bertz CT molecular complexity index is 762. The van der Waals surface area contributed by atoms with Crippen LogP contribution in [0.1, 0.15) is 17.1 Å². The zero-order valence-electron chi connectivity index (χ0n) is 12.6. The van der Waals surface area contributed by atoms with Gasteiger partial charge in [-0.15, -0.1) is 11.3 Å². The van der Waals surface area contributed by atoms with E-state index in [1.54, 1.807) is 11.3 Å². The van der Waals surface area contributed by atoms with Gasteiger partial charge in [-0.2, -0.15) is 5.10 Å². The van der Waals surface area contributed by atoms with Gasteiger partial charge in [-0.1, -0.05) is 0 Å². The second-order valence-electron chi connectivity index (χ2n) is 5.52. The normalized spacial score (nSPS) is 20.9. The highest BCUT2D eigenvalue weighted by Crippen LogP contribution is 2.35. The van der Waals surface area contributed by atoms with Crippen LogP contribution in [0, 0.1) is 0 Å². The lowest BCUT2D eigenvalue weighted by molar-refractivity contribution is 0.544. The molecule has 4 heterocycles. The van der Waals surface area contributed by atoms with Crippen LogP contribution in [0.2, 0.25) is 0 Å². The van der Waals surface area contributed by atoms with Gasteiger partial charge >= 0.3 is 0 Å². The third kappa shape index (κ3) is 2.69. The van der Waals surface area contributed by atoms with Crippen LogP contribution in [0.4, 0.5) is 0 Å². The molecule has 120 valence electrons. The molecule has 0 saturated carbocycles. The topological polar surface area (TPSA) is 84.4 Å². The van der Waals surface area contributed by atoms with E-state index in [4.69, 9.17) is 10.1 Å². The van der Waals surface area contributed by atoms with Crippen molar-refractivity contribution in [3.8, 4) is 0 Å². The number of nitrogens with two attached hydrogens (primary N) is 1. The third-order valence-corrected chi connectivity index (χ3v) is 5.28. The fourth-order valence-electron chi connectivity index (χ4n) is 3.07. The number of nitrogens with zero attached hydrogens (tertiary/aromatic N) is 5. The first-order valence-corrected chi connectivity index (χ1v) is 9.07. The maximum atomic E-state index is 5.59. The molecule has 1 unspecified atom stereocenters. The fourth-order valence-corrected chi connectivity index (χ4v) is 4.07. The molecule has 2 aromatic heterocycles. The minimum atomic E-state index is 0.293. The smallest absolute Gasteiger partial charge is 0.165 e. The zero-order valence-corrected chi connectivity index (χ0v) is 14.3. The summed E-state index contributed by atoms with van der Waals surface area (Å²) >= 11 is 2.79. The molecule has 2 aliphatic heterocycles. The number of aryl methyl sites for hydroxylation is 1. The highest BCUT2D eigenvalue weighted by atomic mass is 32.2. The molecule has 0 spiro atoms. The van der Waals surface area contributed by atoms with Crippen molar-refractivity contribution < 1.29 is 0 Å². The summed E-state index contributed by atoms with van der Waals surface area (Å²) in [6.07, 6.45) is 4.70. The van der Waals surface area contributed by atoms with Gasteiger partial charge in [-0.3, -0.25) is 14.8 Å². The molecule has 0 aliphatic carbocycles. The Labute approximate surface area is 142 Å². The Morgan fingerprint density at radius 3 is 3.09 bits per heavy atom. The Balaban J connectivity index is 1.73. The Kier molecular flexibility index (Phi) is 3.93. The van der Waals surface area contributed by atoms with Crippen molar-refractivity contribution in [1.82, 2.24) is 24.4 Å². The maximum absolute atomic E-state index is 5.59. The Morgan fingerprint density at radius 2 is 2.39 bits per heavy atom. The third-order valence-electron chi connectivity index (χ3n) is 4.04. The van der Waals surface area contributed by atoms with Gasteiger partial charge in [-0.05, 0) is 6.07 Å². The number of aromatic nitrogens is 3. The van der Waals surface area contributed by atoms with Gasteiger partial charge in [0.05, 0.1) is 12.2 Å². The van der Waals surface area contributed by atoms with Gasteiger partial charge in [0, 0.05) is 67.2 Å². The largest absolute Gasteiger partial charge is 0.326 e. The first kappa shape index (κ1) is 14.9. The SMILES string of the molecule is Cn1ccc(C2=C3CC(NSN)CN3C(c3nccs3)=NC2)n1. The summed E-state index contributed by atoms with van der Waals surface area (Å²) in [5, 5.41) is 13.1. The fraction of sp³-hybridized carbons (Fsp3) is 0.357. The number of thiazole rings is 1. The van der Waals surface area contributed by atoms with Crippen molar-refractivity contribution in [2.75, 3.05) is 13.1 Å². The van der Waals surface area contributed by atoms with Crippen molar-refractivity contribution in [3.63, 3.8) is 0 Å². The summed E-state index contributed by atoms with van der Waals surface area (Å²) < 4.78 is 5.09. The van der Waals surface area contributed by atoms with E-state index in [0.29, 0.717) is 12.6 Å². The number of fused-ring (bicyclic) bond motifs is 1. The van der Waals surface area contributed by atoms with Crippen LogP contribution >= 0.6 is 23.5 Å². The van der Waals surface area contributed by atoms with E-state index in [1.165, 1.54) is 23.4 Å². The quantitative estimate of drug-likeness (QED) is 0.810. The van der Waals surface area contributed by atoms with Gasteiger partial charge in [0.25, 0.3) is 0 Å². The van der Waals surface area contributed by atoms with Crippen molar-refractivity contribution in [3.05, 3.63) is 40.2 Å². The molecular weight excluding hydrogens is 330 g/mol. The molecule has 0 bridgehead atoms. The van der Waals surface area contributed by atoms with Crippen molar-refractivity contribution in [1.29, 1.82) is 0 Å². The lowest BCUT2D eigenvalue weighted by Gasteiger charge is -2.27. The second kappa shape index (κ2) is 6.08. The molecule has 23 heavy (non-hydrogen) atoms. The van der Waals surface area contributed by atoms with E-state index < -0.39 is 0 Å². The first-order valence-electron chi connectivity index (χ1n) is 7.31. The molecule has 4 rings (SSSR count). The standard InChI is InChI=1S/C14H17N7S2/c1-20-4-2-11(18-20)10-7-17-13(14-16-3-5-22-14)21-8-9(19-23-15)6-12(10)21/h2-5,9,19H,6-8,15H2,1H3. The van der Waals surface area contributed by atoms with Crippen molar-refractivity contribution in [2.45, 2.75) is 12.5 Å². The number of nitrogens with one attached hydrogen (secondary N) is 1. The van der Waals surface area contributed by atoms with Crippen LogP contribution in [0.25, 0.3) is 5.57 Å². The van der Waals surface area contributed by atoms with Crippen LogP contribution in [0.5, 0.6) is 0 Å². The Morgan fingerprint density at radius 1 is 1.48 bits per heavy atom. The van der Waals surface area contributed by atoms with E-state index in [0.717, 1.165) is 29.5 Å². The van der Waals surface area contributed by atoms with Crippen molar-refractivity contribution >= 4 is 34.9 Å². The molecule has 0 aromatic carbocycles. The zero-order chi connectivity index (χ0) is 15.8. The van der Waals surface area contributed by atoms with E-state index in [9.17, 15) is 0 Å². The molecular formula is C14H17N7S2. The molecule has 1 saturated heterocycles. The molecule has 0 radical (unpaired) electrons. The number of hydrogen-bond acceptors (Lipinski definition) is 8. The van der Waals surface area contributed by atoms with Crippen LogP contribution in [0.15, 0.2) is 34.5 Å². The summed E-state index contributed by atoms with van der Waals surface area (Å²) in [5.74, 6) is 0.959. The lowest BCUT2D eigenvalue weighted by atomic mass is 10.1. The van der Waals surface area contributed by atoms with Crippen LogP contribution < -0.4 is 9.86 Å². The van der Waals surface area contributed by atoms with E-state index in [-0.39, 0.29) is 0 Å². The lowest BCUT2D eigenvalue weighted by Crippen LogP contribution is -2.35. The maximum Gasteiger partial charge on any atom is 0.165 e. The minimum Gasteiger partial charge on any atom is -0.326 e. The van der Waals surface area contributed by atoms with Gasteiger partial charge in [0.1, 0.15) is 0 Å². The van der Waals surface area contributed by atoms with Gasteiger partial charge in [0.2, 0.25) is 0 Å². The summed E-state index contributed by atoms with van der Waals surface area (Å²) in [5.41, 5.74) is 3.46. The molecule has 9 heteroatoms. The highest BCUT2D eigenvalue weighted by Gasteiger charge is 2.36. The van der Waals surface area contributed by atoms with Gasteiger partial charge in [-0.25, -0.2) is 9.71 Å². The number of aliphatic imine (C=N–C) groups is 1. The average molecular weight is 347 g/mol. The summed E-state index contributed by atoms with van der Waals surface area (Å²) in [6, 6.07) is 2.34. The molecule has 2 aliphatic rings. The molecule has 7 nitrogen and oxygen atoms in total. The first-order chi connectivity index (χ1) is 11.3. The summed E-state index contributed by atoms with van der Waals surface area (Å²) in [4.78, 5) is 11.5. The predicted octanol–water partition coefficient (Wildman–Crippen LogP) is 1.23. The second-order valence-corrected chi connectivity index (χ2v) is 6.89. The molecule has 0 amide bonds. The van der Waals surface area contributed by atoms with E-state index >= 15 is 0 Å². The highest BCUT2D eigenvalue weighted by molar-refractivity contribution is 7.95. The van der Waals surface area contributed by atoms with Crippen LogP contribution in [-0.2, 0) is 7.05 Å². The summed E-state index contributed by atoms with van der Waals surface area (Å²) in [7, 11) is 1.93. The minimum absolute atomic E-state index is 0.293. The predicted molar refractivity (Wildman–Crippen MR) is 93.7 cm³/mol. The number of amidine groups is 1. The molecule has 2 aromatic rings. The number of hydrogen-bond donors (Lipinski definition) is 2. The van der Waals surface area contributed by atoms with Crippen molar-refractivity contribution in [2.24, 2.45) is 17.2 Å². The van der Waals surface area contributed by atoms with Gasteiger partial charge in [0.15, 0.2) is 10.8 Å². The summed E-state index contributed by atoms with van der Waals surface area (Å²) in [6.45, 7) is 1.48. The van der Waals surface area contributed by atoms with E-state index in [2.05, 4.69) is 19.7 Å². The molecule has 1 atom stereocenters.